The second kappa shape index (κ2) is 6.26. The van der Waals surface area contributed by atoms with Crippen LogP contribution in [0.25, 0.3) is 0 Å². The lowest BCUT2D eigenvalue weighted by Crippen LogP contribution is -2.45. The highest BCUT2D eigenvalue weighted by Crippen LogP contribution is 2.34. The monoisotopic (exact) mass is 321 g/mol. The number of nitrogens with zero attached hydrogens (tertiary/aromatic N) is 1. The number of carbonyl (C=O) groups excluding carboxylic acids is 2. The summed E-state index contributed by atoms with van der Waals surface area (Å²) in [6, 6.07) is 1.33. The van der Waals surface area contributed by atoms with Crippen molar-refractivity contribution < 1.29 is 18.4 Å². The largest absolute Gasteiger partial charge is 0.426 e. The number of halogens is 1. The maximum atomic E-state index is 13.3. The van der Waals surface area contributed by atoms with E-state index in [2.05, 4.69) is 0 Å². The Morgan fingerprint density at radius 2 is 2.09 bits per heavy atom. The highest BCUT2D eigenvalue weighted by molar-refractivity contribution is 6.09. The maximum absolute atomic E-state index is 13.3. The molecule has 1 fully saturated rings. The van der Waals surface area contributed by atoms with Crippen LogP contribution in [-0.2, 0) is 17.6 Å². The minimum atomic E-state index is -1.29. The van der Waals surface area contributed by atoms with E-state index < -0.39 is 23.6 Å². The number of hydrogen-bond acceptors (Lipinski definition) is 4. The summed E-state index contributed by atoms with van der Waals surface area (Å²) in [6.45, 7) is 1.04. The maximum Gasteiger partial charge on any atom is 0.336 e. The van der Waals surface area contributed by atoms with Gasteiger partial charge >= 0.3 is 5.63 Å². The molecule has 3 rings (SSSR count). The van der Waals surface area contributed by atoms with E-state index in [-0.39, 0.29) is 24.3 Å². The third-order valence-corrected chi connectivity index (χ3v) is 4.38. The lowest BCUT2D eigenvalue weighted by Gasteiger charge is -2.27. The molecule has 1 unspecified atom stereocenters. The Bertz CT molecular complexity index is 690. The van der Waals surface area contributed by atoms with Gasteiger partial charge in [-0.25, -0.2) is 9.18 Å². The lowest BCUT2D eigenvalue weighted by molar-refractivity contribution is -0.129. The first kappa shape index (κ1) is 15.9. The highest BCUT2D eigenvalue weighted by Gasteiger charge is 2.35. The van der Waals surface area contributed by atoms with Crippen LogP contribution in [0.2, 0.25) is 0 Å². The van der Waals surface area contributed by atoms with Crippen molar-refractivity contribution in [3.63, 3.8) is 0 Å². The number of aryl methyl sites for hydroxylation is 1. The molecule has 6 heteroatoms. The smallest absolute Gasteiger partial charge is 0.336 e. The molecule has 0 bridgehead atoms. The van der Waals surface area contributed by atoms with Crippen molar-refractivity contribution in [2.24, 2.45) is 5.92 Å². The SMILES string of the molecule is CC(F)CN1C(=O)Cc2oc(=O)cc(CCCC3CC3)c2C1=O. The molecule has 1 aliphatic carbocycles. The van der Waals surface area contributed by atoms with Gasteiger partial charge in [0.1, 0.15) is 11.9 Å². The molecule has 2 heterocycles. The number of amides is 2. The molecule has 1 aliphatic heterocycles. The van der Waals surface area contributed by atoms with Crippen molar-refractivity contribution in [2.75, 3.05) is 6.54 Å². The van der Waals surface area contributed by atoms with Gasteiger partial charge in [-0.1, -0.05) is 19.3 Å². The van der Waals surface area contributed by atoms with Gasteiger partial charge in [-0.2, -0.15) is 0 Å². The van der Waals surface area contributed by atoms with Crippen molar-refractivity contribution in [3.8, 4) is 0 Å². The number of rotatable bonds is 6. The van der Waals surface area contributed by atoms with Crippen LogP contribution in [-0.4, -0.2) is 29.4 Å². The van der Waals surface area contributed by atoms with E-state index in [0.29, 0.717) is 12.0 Å². The van der Waals surface area contributed by atoms with Crippen LogP contribution in [0.1, 0.15) is 54.3 Å². The normalized spacial score (nSPS) is 19.0. The summed E-state index contributed by atoms with van der Waals surface area (Å²) >= 11 is 0. The summed E-state index contributed by atoms with van der Waals surface area (Å²) in [5.41, 5.74) is 0.352. The first-order valence-corrected chi connectivity index (χ1v) is 8.10. The first-order chi connectivity index (χ1) is 11.0. The predicted molar refractivity (Wildman–Crippen MR) is 81.0 cm³/mol. The molecule has 0 saturated heterocycles. The Morgan fingerprint density at radius 1 is 1.35 bits per heavy atom. The standard InChI is InChI=1S/C17H20FNO4/c1-10(18)9-19-14(20)8-13-16(17(19)22)12(7-15(21)23-13)4-2-3-11-5-6-11/h7,10-11H,2-6,8-9H2,1H3. The van der Waals surface area contributed by atoms with Crippen LogP contribution in [0.5, 0.6) is 0 Å². The lowest BCUT2D eigenvalue weighted by atomic mass is 9.96. The van der Waals surface area contributed by atoms with E-state index in [1.54, 1.807) is 0 Å². The molecular formula is C17H20FNO4. The summed E-state index contributed by atoms with van der Waals surface area (Å²) in [7, 11) is 0. The summed E-state index contributed by atoms with van der Waals surface area (Å²) < 4.78 is 18.3. The van der Waals surface area contributed by atoms with Crippen LogP contribution in [0.4, 0.5) is 4.39 Å². The van der Waals surface area contributed by atoms with E-state index >= 15 is 0 Å². The minimum Gasteiger partial charge on any atom is -0.426 e. The Morgan fingerprint density at radius 3 is 2.74 bits per heavy atom. The fraction of sp³-hybridized carbons (Fsp3) is 0.588. The van der Waals surface area contributed by atoms with Crippen LogP contribution in [0, 0.1) is 5.92 Å². The molecule has 0 radical (unpaired) electrons. The summed E-state index contributed by atoms with van der Waals surface area (Å²) in [4.78, 5) is 37.2. The molecule has 0 aromatic carbocycles. The van der Waals surface area contributed by atoms with Gasteiger partial charge in [0.2, 0.25) is 5.91 Å². The van der Waals surface area contributed by atoms with Crippen molar-refractivity contribution in [3.05, 3.63) is 33.4 Å². The molecule has 1 aromatic rings. The first-order valence-electron chi connectivity index (χ1n) is 8.10. The van der Waals surface area contributed by atoms with Crippen molar-refractivity contribution in [1.82, 2.24) is 4.90 Å². The zero-order valence-electron chi connectivity index (χ0n) is 13.1. The van der Waals surface area contributed by atoms with E-state index in [9.17, 15) is 18.8 Å². The van der Waals surface area contributed by atoms with Crippen molar-refractivity contribution in [1.29, 1.82) is 0 Å². The molecule has 5 nitrogen and oxygen atoms in total. The zero-order valence-corrected chi connectivity index (χ0v) is 13.1. The molecule has 0 N–H and O–H groups in total. The van der Waals surface area contributed by atoms with Gasteiger partial charge in [0.05, 0.1) is 18.5 Å². The number of imide groups is 1. The number of fused-ring (bicyclic) bond motifs is 1. The van der Waals surface area contributed by atoms with Gasteiger partial charge in [0, 0.05) is 6.07 Å². The molecular weight excluding hydrogens is 301 g/mol. The van der Waals surface area contributed by atoms with Crippen molar-refractivity contribution in [2.45, 2.75) is 51.6 Å². The number of alkyl halides is 1. The average Bonchev–Trinajstić information content (AvgIpc) is 3.26. The van der Waals surface area contributed by atoms with Crippen LogP contribution in [0.15, 0.2) is 15.3 Å². The molecule has 23 heavy (non-hydrogen) atoms. The van der Waals surface area contributed by atoms with Gasteiger partial charge in [-0.05, 0) is 31.2 Å². The Labute approximate surface area is 133 Å². The fourth-order valence-electron chi connectivity index (χ4n) is 3.08. The van der Waals surface area contributed by atoms with Crippen LogP contribution < -0.4 is 5.63 Å². The van der Waals surface area contributed by atoms with Gasteiger partial charge < -0.3 is 4.42 Å². The fourth-order valence-corrected chi connectivity index (χ4v) is 3.08. The van der Waals surface area contributed by atoms with Gasteiger partial charge in [-0.3, -0.25) is 14.5 Å². The van der Waals surface area contributed by atoms with E-state index in [1.807, 2.05) is 0 Å². The second-order valence-corrected chi connectivity index (χ2v) is 6.49. The quantitative estimate of drug-likeness (QED) is 0.754. The number of hydrogen-bond donors (Lipinski definition) is 0. The van der Waals surface area contributed by atoms with Crippen LogP contribution in [0.3, 0.4) is 0 Å². The molecule has 1 aromatic heterocycles. The third-order valence-electron chi connectivity index (χ3n) is 4.38. The molecule has 1 saturated carbocycles. The molecule has 2 amide bonds. The van der Waals surface area contributed by atoms with Crippen LogP contribution >= 0.6 is 0 Å². The molecule has 1 atom stereocenters. The minimum absolute atomic E-state index is 0.122. The topological polar surface area (TPSA) is 67.6 Å². The van der Waals surface area contributed by atoms with Gasteiger partial charge in [0.25, 0.3) is 5.91 Å². The summed E-state index contributed by atoms with van der Waals surface area (Å²) in [5, 5.41) is 0. The molecule has 124 valence electrons. The number of carbonyl (C=O) groups is 2. The van der Waals surface area contributed by atoms with Gasteiger partial charge in [0.15, 0.2) is 0 Å². The second-order valence-electron chi connectivity index (χ2n) is 6.49. The highest BCUT2D eigenvalue weighted by atomic mass is 19.1. The van der Waals surface area contributed by atoms with Crippen molar-refractivity contribution >= 4 is 11.8 Å². The zero-order chi connectivity index (χ0) is 16.6. The van der Waals surface area contributed by atoms with E-state index in [4.69, 9.17) is 4.42 Å². The Hall–Kier alpha value is -1.98. The average molecular weight is 321 g/mol. The van der Waals surface area contributed by atoms with E-state index in [1.165, 1.54) is 25.8 Å². The summed E-state index contributed by atoms with van der Waals surface area (Å²) in [6.07, 6.45) is 3.62. The molecule has 0 spiro atoms. The van der Waals surface area contributed by atoms with Gasteiger partial charge in [-0.15, -0.1) is 0 Å². The predicted octanol–water partition coefficient (Wildman–Crippen LogP) is 2.26. The summed E-state index contributed by atoms with van der Waals surface area (Å²) in [5.74, 6) is -0.181. The van der Waals surface area contributed by atoms with E-state index in [0.717, 1.165) is 23.7 Å². The Kier molecular flexibility index (Phi) is 4.33. The third kappa shape index (κ3) is 3.51. The molecule has 2 aliphatic rings. The Balaban J connectivity index is 1.88.